The maximum atomic E-state index is 11.5. The van der Waals surface area contributed by atoms with E-state index in [0.717, 1.165) is 74.0 Å². The molecular formula is C24H41ClO2. The molecular weight excluding hydrogens is 356 g/mol. The molecule has 0 atom stereocenters. The van der Waals surface area contributed by atoms with Crippen LogP contribution in [0.1, 0.15) is 96.0 Å². The molecule has 8 saturated carbocycles. The first kappa shape index (κ1) is 18.6. The number of carbonyl (C=O) groups is 2. The number of hydrogen-bond donors (Lipinski definition) is 0. The van der Waals surface area contributed by atoms with Crippen LogP contribution in [0, 0.1) is 46.3 Å². The maximum Gasteiger partial charge on any atom is 0.227 e. The van der Waals surface area contributed by atoms with Gasteiger partial charge in [0.25, 0.3) is 0 Å². The molecule has 8 aliphatic rings. The van der Waals surface area contributed by atoms with Crippen molar-refractivity contribution in [2.75, 3.05) is 0 Å². The zero-order valence-corrected chi connectivity index (χ0v) is 16.9. The highest BCUT2D eigenvalue weighted by molar-refractivity contribution is 6.64. The van der Waals surface area contributed by atoms with Gasteiger partial charge in [0.05, 0.1) is 0 Å². The van der Waals surface area contributed by atoms with Gasteiger partial charge in [0, 0.05) is 13.6 Å². The average molecular weight is 400 g/mol. The van der Waals surface area contributed by atoms with Crippen molar-refractivity contribution in [3.05, 3.63) is 0 Å². The van der Waals surface area contributed by atoms with Crippen LogP contribution in [0.3, 0.4) is 0 Å². The summed E-state index contributed by atoms with van der Waals surface area (Å²) >= 11 is 5.76. The number of rotatable bonds is 2. The third-order valence-corrected chi connectivity index (χ3v) is 9.11. The zero-order valence-electron chi connectivity index (χ0n) is 18.1. The first-order chi connectivity index (χ1) is 13.4. The second kappa shape index (κ2) is 7.47. The summed E-state index contributed by atoms with van der Waals surface area (Å²) in [7, 11) is 1.25. The summed E-state index contributed by atoms with van der Waals surface area (Å²) in [5, 5.41) is -0.0356. The summed E-state index contributed by atoms with van der Waals surface area (Å²) in [6.07, 6.45) is 14.4. The van der Waals surface area contributed by atoms with Crippen molar-refractivity contribution >= 4 is 23.1 Å². The van der Waals surface area contributed by atoms with Gasteiger partial charge in [-0.05, 0) is 124 Å². The van der Waals surface area contributed by atoms with Gasteiger partial charge in [0.2, 0.25) is 5.24 Å². The van der Waals surface area contributed by atoms with Gasteiger partial charge in [0.15, 0.2) is 0 Å². The van der Waals surface area contributed by atoms with Crippen molar-refractivity contribution in [1.29, 1.82) is 0 Å². The van der Waals surface area contributed by atoms with Crippen LogP contribution in [0.5, 0.6) is 0 Å². The predicted molar refractivity (Wildman–Crippen MR) is 114 cm³/mol. The van der Waals surface area contributed by atoms with Crippen molar-refractivity contribution < 1.29 is 13.8 Å². The third kappa shape index (κ3) is 3.65. The highest BCUT2D eigenvalue weighted by Gasteiger charge is 2.54. The smallest absolute Gasteiger partial charge is 0.227 e. The molecule has 27 heavy (non-hydrogen) atoms. The van der Waals surface area contributed by atoms with E-state index in [4.69, 9.17) is 14.3 Å². The van der Waals surface area contributed by atoms with Crippen LogP contribution in [-0.2, 0) is 9.59 Å². The lowest BCUT2D eigenvalue weighted by Gasteiger charge is -2.55. The summed E-state index contributed by atoms with van der Waals surface area (Å²) < 4.78 is 13.2. The van der Waals surface area contributed by atoms with E-state index in [1.54, 1.807) is 0 Å². The standard InChI is InChI=1S/C11H15ClO.C11H16O.2CH4.H2/c12-10(13)11-4-7-1-8(5-11)3-9(2-7)6-11;12-7-11-4-8-1-9(5-11)3-10(2-8)6-11;;;/h7-9H,1-6H2;7-10H,1-6H2;2*1H4;1H/i;7D;1D;;1+1. The van der Waals surface area contributed by atoms with Gasteiger partial charge in [-0.2, -0.15) is 0 Å². The molecule has 0 aliphatic heterocycles. The largest absolute Gasteiger partial charge is 0.303 e. The predicted octanol–water partition coefficient (Wildman–Crippen LogP) is 6.89. The third-order valence-electron chi connectivity index (χ3n) is 8.71. The van der Waals surface area contributed by atoms with Crippen LogP contribution < -0.4 is 0 Å². The van der Waals surface area contributed by atoms with Gasteiger partial charge in [-0.15, -0.1) is 0 Å². The van der Waals surface area contributed by atoms with Gasteiger partial charge in [-0.25, -0.2) is 0 Å². The summed E-state index contributed by atoms with van der Waals surface area (Å²) in [5.41, 5.74) is -0.245. The topological polar surface area (TPSA) is 34.1 Å². The highest BCUT2D eigenvalue weighted by atomic mass is 35.5. The van der Waals surface area contributed by atoms with Gasteiger partial charge in [-0.3, -0.25) is 4.79 Å². The Morgan fingerprint density at radius 3 is 1.37 bits per heavy atom. The van der Waals surface area contributed by atoms with Crippen LogP contribution in [0.4, 0.5) is 0 Å². The van der Waals surface area contributed by atoms with Gasteiger partial charge in [0.1, 0.15) is 7.63 Å². The van der Waals surface area contributed by atoms with Gasteiger partial charge < -0.3 is 4.79 Å². The molecule has 0 aromatic heterocycles. The Hall–Kier alpha value is -0.370. The molecule has 8 fully saturated rings. The van der Waals surface area contributed by atoms with E-state index >= 15 is 0 Å². The summed E-state index contributed by atoms with van der Waals surface area (Å²) in [6.45, 7) is 0. The fourth-order valence-electron chi connectivity index (χ4n) is 8.59. The number of aldehydes is 1. The molecule has 2 nitrogen and oxygen atoms in total. The second-order valence-electron chi connectivity index (χ2n) is 10.8. The van der Waals surface area contributed by atoms with E-state index in [0.29, 0.717) is 0 Å². The molecule has 3 heteroatoms. The van der Waals surface area contributed by atoms with Gasteiger partial charge in [-0.1, -0.05) is 14.8 Å². The normalized spacial score (nSPS) is 50.9. The van der Waals surface area contributed by atoms with Crippen LogP contribution in [0.2, 0.25) is 0 Å². The average Bonchev–Trinajstić information content (AvgIpc) is 2.61. The Bertz CT molecular complexity index is 511. The lowest BCUT2D eigenvalue weighted by molar-refractivity contribution is -0.135. The summed E-state index contributed by atoms with van der Waals surface area (Å²) in [5.74, 6) is 4.86. The number of halogens is 1. The minimum atomic E-state index is -0.258. The van der Waals surface area contributed by atoms with Crippen molar-refractivity contribution in [3.63, 3.8) is 0 Å². The van der Waals surface area contributed by atoms with E-state index in [-0.39, 0.29) is 31.2 Å². The van der Waals surface area contributed by atoms with E-state index in [9.17, 15) is 9.59 Å². The first-order valence-electron chi connectivity index (χ1n) is 12.1. The van der Waals surface area contributed by atoms with E-state index in [1.807, 2.05) is 0 Å². The fraction of sp³-hybridized carbons (Fsp3) is 0.917. The van der Waals surface area contributed by atoms with Crippen molar-refractivity contribution in [2.45, 2.75) is 91.9 Å². The molecule has 0 amide bonds. The molecule has 8 rings (SSSR count). The monoisotopic (exact) mass is 399 g/mol. The minimum Gasteiger partial charge on any atom is -0.303 e. The maximum absolute atomic E-state index is 11.5. The Morgan fingerprint density at radius 2 is 1.11 bits per heavy atom. The van der Waals surface area contributed by atoms with E-state index in [2.05, 4.69) is 0 Å². The van der Waals surface area contributed by atoms with Crippen molar-refractivity contribution in [2.24, 2.45) is 46.3 Å². The van der Waals surface area contributed by atoms with Crippen LogP contribution >= 0.6 is 11.6 Å². The molecule has 0 N–H and O–H groups in total. The molecule has 0 unspecified atom stereocenters. The zero-order chi connectivity index (χ0) is 20.1. The Morgan fingerprint density at radius 1 is 0.815 bits per heavy atom. The molecule has 0 spiro atoms. The summed E-state index contributed by atoms with van der Waals surface area (Å²) in [6, 6.07) is 0. The Balaban J connectivity index is 0.000000186. The highest BCUT2D eigenvalue weighted by Crippen LogP contribution is 2.61. The Kier molecular flexibility index (Phi) is 5.16. The fourth-order valence-corrected chi connectivity index (χ4v) is 8.82. The second-order valence-corrected chi connectivity index (χ2v) is 11.1. The molecule has 8 aliphatic carbocycles. The van der Waals surface area contributed by atoms with Crippen LogP contribution in [0.25, 0.3) is 0 Å². The lowest BCUT2D eigenvalue weighted by atomic mass is 9.50. The van der Waals surface area contributed by atoms with Crippen molar-refractivity contribution in [3.8, 4) is 0 Å². The lowest BCUT2D eigenvalue weighted by Crippen LogP contribution is -2.48. The van der Waals surface area contributed by atoms with E-state index < -0.39 is 0 Å². The molecule has 0 saturated heterocycles. The first-order valence-corrected chi connectivity index (χ1v) is 10.9. The van der Waals surface area contributed by atoms with Crippen molar-refractivity contribution in [1.82, 2.24) is 0 Å². The number of carbonyl (C=O) groups excluding carboxylic acids is 2. The molecule has 0 aromatic carbocycles. The molecule has 0 aromatic rings. The van der Waals surface area contributed by atoms with Gasteiger partial charge >= 0.3 is 0 Å². The van der Waals surface area contributed by atoms with Crippen LogP contribution in [0.15, 0.2) is 0 Å². The molecule has 0 heterocycles. The molecule has 8 bridgehead atoms. The molecule has 156 valence electrons. The quantitative estimate of drug-likeness (QED) is 0.374. The summed E-state index contributed by atoms with van der Waals surface area (Å²) in [4.78, 5) is 22.8. The number of hydrogen-bond acceptors (Lipinski definition) is 2. The SMILES string of the molecule is C.O=C(Cl)C12CC3CC(CC(C3)C1)C2.[2HH].[2H]C.[2H]C(=O)C12CC3CC(CC(C3)C1)C2. The molecule has 0 radical (unpaired) electrons. The van der Waals surface area contributed by atoms with Crippen LogP contribution in [-0.4, -0.2) is 11.5 Å². The Labute approximate surface area is 175 Å². The minimum absolute atomic E-state index is 0. The van der Waals surface area contributed by atoms with E-state index in [1.165, 1.54) is 45.9 Å².